The number of methoxy groups -OCH3 is 1. The first kappa shape index (κ1) is 27.6. The van der Waals surface area contributed by atoms with Crippen LogP contribution in [0.15, 0.2) is 83.7 Å². The third kappa shape index (κ3) is 5.05. The number of rotatable bonds is 6. The Morgan fingerprint density at radius 1 is 1.07 bits per heavy atom. The highest BCUT2D eigenvalue weighted by Crippen LogP contribution is 2.55. The van der Waals surface area contributed by atoms with Crippen molar-refractivity contribution < 1.29 is 9.13 Å². The van der Waals surface area contributed by atoms with Crippen molar-refractivity contribution >= 4 is 30.4 Å². The van der Waals surface area contributed by atoms with E-state index in [1.165, 1.54) is 23.6 Å². The van der Waals surface area contributed by atoms with E-state index in [4.69, 9.17) is 9.84 Å². The molecule has 1 aliphatic carbocycles. The minimum absolute atomic E-state index is 0.0704. The fourth-order valence-corrected chi connectivity index (χ4v) is 9.22. The van der Waals surface area contributed by atoms with Crippen molar-refractivity contribution in [2.24, 2.45) is 10.5 Å². The zero-order valence-electron chi connectivity index (χ0n) is 25.1. The summed E-state index contributed by atoms with van der Waals surface area (Å²) < 4.78 is 22.9. The molecule has 7 nitrogen and oxygen atoms in total. The van der Waals surface area contributed by atoms with Crippen LogP contribution in [0, 0.1) is 18.2 Å². The number of ether oxygens (including phenoxy) is 1. The van der Waals surface area contributed by atoms with Gasteiger partial charge < -0.3 is 15.1 Å². The summed E-state index contributed by atoms with van der Waals surface area (Å²) in [6.45, 7) is 8.00. The summed E-state index contributed by atoms with van der Waals surface area (Å²) in [7, 11) is -0.553. The van der Waals surface area contributed by atoms with Gasteiger partial charge in [0, 0.05) is 6.54 Å². The lowest BCUT2D eigenvalue weighted by atomic mass is 9.86. The molecule has 0 radical (unpaired) electrons. The fraction of sp³-hybridized carbons (Fsp3) is 0.324. The fourth-order valence-electron chi connectivity index (χ4n) is 6.67. The van der Waals surface area contributed by atoms with E-state index in [1.807, 2.05) is 25.1 Å². The predicted molar refractivity (Wildman–Crippen MR) is 171 cm³/mol. The number of hydrogen-bond acceptors (Lipinski definition) is 6. The lowest BCUT2D eigenvalue weighted by Gasteiger charge is -2.45. The van der Waals surface area contributed by atoms with Crippen molar-refractivity contribution in [3.05, 3.63) is 101 Å². The molecule has 1 spiro atoms. The van der Waals surface area contributed by atoms with Crippen LogP contribution in [-0.2, 0) is 0 Å². The summed E-state index contributed by atoms with van der Waals surface area (Å²) >= 11 is 0. The van der Waals surface area contributed by atoms with E-state index in [-0.39, 0.29) is 17.3 Å². The molecule has 220 valence electrons. The van der Waals surface area contributed by atoms with Gasteiger partial charge in [-0.05, 0) is 77.8 Å². The highest BCUT2D eigenvalue weighted by molar-refractivity contribution is 7.00. The Balaban J connectivity index is 1.23. The number of nitrogens with one attached hydrogen (secondary N) is 1. The number of hydrazone groups is 1. The Bertz CT molecular complexity index is 1740. The first-order chi connectivity index (χ1) is 20.8. The average molecular weight is 593 g/mol. The van der Waals surface area contributed by atoms with Gasteiger partial charge >= 0.3 is 0 Å². The van der Waals surface area contributed by atoms with Gasteiger partial charge in [0.05, 0.1) is 19.7 Å². The second kappa shape index (κ2) is 10.5. The van der Waals surface area contributed by atoms with Crippen molar-refractivity contribution in [1.82, 2.24) is 25.1 Å². The quantitative estimate of drug-likeness (QED) is 0.317. The number of aryl methyl sites for hydroxylation is 1. The van der Waals surface area contributed by atoms with Crippen LogP contribution >= 0.6 is 0 Å². The number of hydrogen-bond donors (Lipinski definition) is 1. The summed E-state index contributed by atoms with van der Waals surface area (Å²) in [4.78, 5) is 6.73. The molecule has 4 aromatic rings. The van der Waals surface area contributed by atoms with Gasteiger partial charge in [-0.15, -0.1) is 0 Å². The van der Waals surface area contributed by atoms with Gasteiger partial charge in [-0.2, -0.15) is 10.2 Å². The molecule has 2 fully saturated rings. The maximum Gasteiger partial charge on any atom is 0.152 e. The predicted octanol–water partition coefficient (Wildman–Crippen LogP) is 5.07. The Hall–Kier alpha value is -4.24. The van der Waals surface area contributed by atoms with Gasteiger partial charge in [0.15, 0.2) is 5.84 Å². The molecule has 43 heavy (non-hydrogen) atoms. The number of nitrogens with zero attached hydrogens (tertiary/aromatic N) is 5. The molecule has 0 bridgehead atoms. The Labute approximate surface area is 253 Å². The number of halogens is 1. The molecule has 1 saturated heterocycles. The van der Waals surface area contributed by atoms with E-state index in [1.54, 1.807) is 24.2 Å². The Morgan fingerprint density at radius 3 is 2.60 bits per heavy atom. The summed E-state index contributed by atoms with van der Waals surface area (Å²) in [5, 5.41) is 11.4. The molecule has 1 saturated carbocycles. The molecular formula is C34H37FN6OSi. The topological polar surface area (TPSA) is 67.6 Å². The second-order valence-electron chi connectivity index (χ2n) is 12.7. The number of aromatic nitrogens is 3. The molecule has 7 rings (SSSR count). The third-order valence-electron chi connectivity index (χ3n) is 9.38. The molecule has 1 aromatic heterocycles. The Kier molecular flexibility index (Phi) is 6.72. The van der Waals surface area contributed by atoms with Crippen LogP contribution in [0.2, 0.25) is 13.1 Å². The molecule has 2 aliphatic heterocycles. The van der Waals surface area contributed by atoms with E-state index < -0.39 is 8.07 Å². The summed E-state index contributed by atoms with van der Waals surface area (Å²) in [5.74, 6) is 2.31. The first-order valence-electron chi connectivity index (χ1n) is 15.0. The van der Waals surface area contributed by atoms with Gasteiger partial charge in [-0.1, -0.05) is 66.8 Å². The summed E-state index contributed by atoms with van der Waals surface area (Å²) in [6.07, 6.45) is 7.37. The molecular weight excluding hydrogens is 555 g/mol. The van der Waals surface area contributed by atoms with Crippen LogP contribution in [0.1, 0.15) is 42.3 Å². The van der Waals surface area contributed by atoms with E-state index in [9.17, 15) is 0 Å². The van der Waals surface area contributed by atoms with Gasteiger partial charge in [0.2, 0.25) is 0 Å². The molecule has 3 heterocycles. The van der Waals surface area contributed by atoms with Crippen LogP contribution in [-0.4, -0.2) is 53.8 Å². The number of fused-ring (bicyclic) bond motifs is 1. The molecule has 9 heteroatoms. The zero-order chi connectivity index (χ0) is 29.8. The highest BCUT2D eigenvalue weighted by atomic mass is 28.3. The molecule has 1 atom stereocenters. The SMILES string of the molecule is COc1cc(/C=C2\CC3(CC3)CN3C2=NNCC3c2ccc(F)c([Si](C)(C)c3ccccc3)c2)ccc1-n1cnc(C)n1. The summed E-state index contributed by atoms with van der Waals surface area (Å²) in [6, 6.07) is 22.4. The van der Waals surface area contributed by atoms with Gasteiger partial charge in [-0.3, -0.25) is 0 Å². The van der Waals surface area contributed by atoms with Crippen molar-refractivity contribution in [2.45, 2.75) is 45.3 Å². The third-order valence-corrected chi connectivity index (χ3v) is 12.9. The van der Waals surface area contributed by atoms with Gasteiger partial charge in [-0.25, -0.2) is 14.1 Å². The largest absolute Gasteiger partial charge is 0.494 e. The van der Waals surface area contributed by atoms with Crippen LogP contribution in [0.4, 0.5) is 4.39 Å². The molecule has 1 unspecified atom stereocenters. The lowest BCUT2D eigenvalue weighted by molar-refractivity contribution is 0.217. The minimum Gasteiger partial charge on any atom is -0.494 e. The smallest absolute Gasteiger partial charge is 0.152 e. The standard InChI is InChI=1S/C34H37FN6OSi/c1-23-36-22-41(39-23)29-13-10-24(17-31(29)42-2)16-26-19-34(14-15-34)21-40-30(20-37-38-33(26)40)25-11-12-28(35)32(18-25)43(3,4)27-8-6-5-7-9-27/h5-13,16-18,22,30,37H,14-15,19-21H2,1-4H3/b26-16+. The van der Waals surface area contributed by atoms with Crippen molar-refractivity contribution in [1.29, 1.82) is 0 Å². The molecule has 3 aliphatic rings. The monoisotopic (exact) mass is 592 g/mol. The second-order valence-corrected chi connectivity index (χ2v) is 17.1. The van der Waals surface area contributed by atoms with E-state index in [2.05, 4.69) is 82.0 Å². The Morgan fingerprint density at radius 2 is 1.88 bits per heavy atom. The van der Waals surface area contributed by atoms with Crippen LogP contribution in [0.3, 0.4) is 0 Å². The van der Waals surface area contributed by atoms with Crippen LogP contribution < -0.4 is 20.5 Å². The van der Waals surface area contributed by atoms with Crippen LogP contribution in [0.5, 0.6) is 5.75 Å². The minimum atomic E-state index is -2.23. The first-order valence-corrected chi connectivity index (χ1v) is 18.0. The number of amidine groups is 1. The molecule has 3 aromatic carbocycles. The molecule has 0 amide bonds. The lowest BCUT2D eigenvalue weighted by Crippen LogP contribution is -2.55. The highest BCUT2D eigenvalue weighted by Gasteiger charge is 2.51. The van der Waals surface area contributed by atoms with Crippen molar-refractivity contribution in [3.8, 4) is 11.4 Å². The number of piperidine rings is 1. The summed E-state index contributed by atoms with van der Waals surface area (Å²) in [5.41, 5.74) is 7.86. The zero-order valence-corrected chi connectivity index (χ0v) is 26.1. The van der Waals surface area contributed by atoms with Crippen molar-refractivity contribution in [3.63, 3.8) is 0 Å². The number of benzene rings is 3. The van der Waals surface area contributed by atoms with Gasteiger partial charge in [0.1, 0.15) is 37.5 Å². The maximum atomic E-state index is 15.4. The van der Waals surface area contributed by atoms with Crippen molar-refractivity contribution in [2.75, 3.05) is 20.2 Å². The van der Waals surface area contributed by atoms with E-state index in [0.717, 1.165) is 46.6 Å². The van der Waals surface area contributed by atoms with Crippen LogP contribution in [0.25, 0.3) is 11.8 Å². The normalized spacial score (nSPS) is 20.0. The molecule has 1 N–H and O–H groups in total. The maximum absolute atomic E-state index is 15.4. The average Bonchev–Trinajstić information content (AvgIpc) is 3.62. The van der Waals surface area contributed by atoms with E-state index in [0.29, 0.717) is 12.4 Å². The van der Waals surface area contributed by atoms with Gasteiger partial charge in [0.25, 0.3) is 0 Å². The van der Waals surface area contributed by atoms with E-state index >= 15 is 4.39 Å².